The minimum absolute atomic E-state index is 0. The average molecular weight is 100 g/mol. The van der Waals surface area contributed by atoms with Crippen molar-refractivity contribution in [3.05, 3.63) is 12.2 Å². The van der Waals surface area contributed by atoms with Crippen LogP contribution in [0.4, 0.5) is 0 Å². The second-order valence-electron chi connectivity index (χ2n) is 1.76. The van der Waals surface area contributed by atoms with Crippen molar-refractivity contribution in [3.63, 3.8) is 0 Å². The van der Waals surface area contributed by atoms with Crippen molar-refractivity contribution >= 4 is 0 Å². The number of rotatable bonds is 0. The Morgan fingerprint density at radius 2 is 1.29 bits per heavy atom. The van der Waals surface area contributed by atoms with Gasteiger partial charge in [0.15, 0.2) is 0 Å². The summed E-state index contributed by atoms with van der Waals surface area (Å²) in [7, 11) is 0. The van der Waals surface area contributed by atoms with Gasteiger partial charge in [-0.3, -0.25) is 0 Å². The largest absolute Gasteiger partial charge is 0.412 e. The monoisotopic (exact) mass is 100 g/mol. The maximum Gasteiger partial charge on any atom is -0.0351 e. The predicted octanol–water partition coefficient (Wildman–Crippen LogP) is 1.29. The zero-order valence-corrected chi connectivity index (χ0v) is 4.48. The van der Waals surface area contributed by atoms with E-state index >= 15 is 0 Å². The summed E-state index contributed by atoms with van der Waals surface area (Å²) < 4.78 is 0. The SMILES string of the molecule is C1=CCCCC1.O. The molecule has 0 fully saturated rings. The van der Waals surface area contributed by atoms with E-state index in [1.54, 1.807) is 0 Å². The van der Waals surface area contributed by atoms with Gasteiger partial charge in [-0.15, -0.1) is 0 Å². The molecule has 0 atom stereocenters. The lowest BCUT2D eigenvalue weighted by molar-refractivity contribution is 0.730. The minimum Gasteiger partial charge on any atom is -0.412 e. The van der Waals surface area contributed by atoms with Crippen LogP contribution in [0.2, 0.25) is 0 Å². The maximum atomic E-state index is 2.27. The molecule has 1 rings (SSSR count). The first-order valence-electron chi connectivity index (χ1n) is 2.65. The Bertz CT molecular complexity index is 49.2. The Labute approximate surface area is 44.3 Å². The Morgan fingerprint density at radius 1 is 0.857 bits per heavy atom. The first kappa shape index (κ1) is 6.70. The molecule has 0 aromatic carbocycles. The van der Waals surface area contributed by atoms with Crippen LogP contribution in [0.5, 0.6) is 0 Å². The van der Waals surface area contributed by atoms with Crippen LogP contribution in [0.1, 0.15) is 25.7 Å². The van der Waals surface area contributed by atoms with Gasteiger partial charge in [0.05, 0.1) is 0 Å². The zero-order chi connectivity index (χ0) is 4.24. The molecular weight excluding hydrogens is 88.1 g/mol. The lowest BCUT2D eigenvalue weighted by Crippen LogP contribution is -1.77. The number of allylic oxidation sites excluding steroid dienone is 2. The molecule has 0 amide bonds. The molecule has 0 unspecified atom stereocenters. The van der Waals surface area contributed by atoms with Crippen molar-refractivity contribution < 1.29 is 5.48 Å². The van der Waals surface area contributed by atoms with Gasteiger partial charge in [-0.25, -0.2) is 0 Å². The van der Waals surface area contributed by atoms with E-state index in [4.69, 9.17) is 0 Å². The Balaban J connectivity index is 0.000000360. The van der Waals surface area contributed by atoms with Crippen LogP contribution in [0.3, 0.4) is 0 Å². The van der Waals surface area contributed by atoms with Crippen molar-refractivity contribution in [2.24, 2.45) is 0 Å². The van der Waals surface area contributed by atoms with Gasteiger partial charge in [0.1, 0.15) is 0 Å². The standard InChI is InChI=1S/C6H10.H2O/c1-2-4-6-5-3-1;/h1-2H,3-6H2;1H2. The second kappa shape index (κ2) is 3.88. The summed E-state index contributed by atoms with van der Waals surface area (Å²) in [4.78, 5) is 0. The van der Waals surface area contributed by atoms with Crippen LogP contribution in [0, 0.1) is 0 Å². The van der Waals surface area contributed by atoms with E-state index in [9.17, 15) is 0 Å². The van der Waals surface area contributed by atoms with Crippen molar-refractivity contribution in [1.82, 2.24) is 0 Å². The van der Waals surface area contributed by atoms with Gasteiger partial charge in [0, 0.05) is 0 Å². The molecule has 1 aliphatic rings. The normalized spacial score (nSPS) is 18.3. The summed E-state index contributed by atoms with van der Waals surface area (Å²) in [6.07, 6.45) is 10.0. The topological polar surface area (TPSA) is 31.5 Å². The second-order valence-corrected chi connectivity index (χ2v) is 1.76. The molecule has 0 radical (unpaired) electrons. The van der Waals surface area contributed by atoms with Gasteiger partial charge in [-0.2, -0.15) is 0 Å². The summed E-state index contributed by atoms with van der Waals surface area (Å²) in [5.41, 5.74) is 0. The van der Waals surface area contributed by atoms with Crippen molar-refractivity contribution in [3.8, 4) is 0 Å². The Morgan fingerprint density at radius 3 is 1.43 bits per heavy atom. The van der Waals surface area contributed by atoms with Gasteiger partial charge in [0.2, 0.25) is 0 Å². The van der Waals surface area contributed by atoms with E-state index < -0.39 is 0 Å². The summed E-state index contributed by atoms with van der Waals surface area (Å²) >= 11 is 0. The molecule has 1 aliphatic carbocycles. The lowest BCUT2D eigenvalue weighted by Gasteiger charge is -1.97. The molecule has 0 spiro atoms. The smallest absolute Gasteiger partial charge is 0.0351 e. The van der Waals surface area contributed by atoms with Gasteiger partial charge < -0.3 is 5.48 Å². The van der Waals surface area contributed by atoms with Crippen molar-refractivity contribution in [1.29, 1.82) is 0 Å². The molecule has 0 saturated carbocycles. The molecule has 0 saturated heterocycles. The lowest BCUT2D eigenvalue weighted by atomic mass is 10.1. The molecular formula is C6H12O. The maximum absolute atomic E-state index is 2.27. The highest BCUT2D eigenvalue weighted by molar-refractivity contribution is 4.85. The van der Waals surface area contributed by atoms with Crippen LogP contribution < -0.4 is 0 Å². The molecule has 0 aromatic heterocycles. The van der Waals surface area contributed by atoms with E-state index in [0.29, 0.717) is 0 Å². The third-order valence-corrected chi connectivity index (χ3v) is 1.16. The van der Waals surface area contributed by atoms with E-state index in [-0.39, 0.29) is 5.48 Å². The van der Waals surface area contributed by atoms with E-state index in [0.717, 1.165) is 0 Å². The number of hydrogen-bond donors (Lipinski definition) is 0. The van der Waals surface area contributed by atoms with E-state index in [2.05, 4.69) is 12.2 Å². The van der Waals surface area contributed by atoms with Gasteiger partial charge in [-0.1, -0.05) is 12.2 Å². The van der Waals surface area contributed by atoms with Gasteiger partial charge >= 0.3 is 0 Å². The van der Waals surface area contributed by atoms with Crippen LogP contribution in [-0.4, -0.2) is 5.48 Å². The third-order valence-electron chi connectivity index (χ3n) is 1.16. The quantitative estimate of drug-likeness (QED) is 0.411. The highest BCUT2D eigenvalue weighted by atomic mass is 16.0. The fraction of sp³-hybridized carbons (Fsp3) is 0.667. The number of hydrogen-bond acceptors (Lipinski definition) is 0. The summed E-state index contributed by atoms with van der Waals surface area (Å²) in [5, 5.41) is 0. The van der Waals surface area contributed by atoms with Crippen LogP contribution in [-0.2, 0) is 0 Å². The first-order chi connectivity index (χ1) is 3.00. The van der Waals surface area contributed by atoms with Crippen LogP contribution in [0.15, 0.2) is 12.2 Å². The van der Waals surface area contributed by atoms with E-state index in [1.165, 1.54) is 25.7 Å². The fourth-order valence-corrected chi connectivity index (χ4v) is 0.760. The molecule has 0 bridgehead atoms. The van der Waals surface area contributed by atoms with Gasteiger partial charge in [0.25, 0.3) is 0 Å². The van der Waals surface area contributed by atoms with Gasteiger partial charge in [-0.05, 0) is 25.7 Å². The summed E-state index contributed by atoms with van der Waals surface area (Å²) in [5.74, 6) is 0. The molecule has 2 N–H and O–H groups in total. The summed E-state index contributed by atoms with van der Waals surface area (Å²) in [6.45, 7) is 0. The summed E-state index contributed by atoms with van der Waals surface area (Å²) in [6, 6.07) is 0. The van der Waals surface area contributed by atoms with E-state index in [1.807, 2.05) is 0 Å². The molecule has 1 heteroatoms. The molecule has 0 aliphatic heterocycles. The predicted molar refractivity (Wildman–Crippen MR) is 31.2 cm³/mol. The third kappa shape index (κ3) is 2.40. The zero-order valence-electron chi connectivity index (χ0n) is 4.48. The minimum atomic E-state index is 0. The fourth-order valence-electron chi connectivity index (χ4n) is 0.760. The molecule has 0 aromatic rings. The molecule has 0 heterocycles. The van der Waals surface area contributed by atoms with Crippen LogP contribution in [0.25, 0.3) is 0 Å². The average Bonchev–Trinajstić information content (AvgIpc) is 1.72. The highest BCUT2D eigenvalue weighted by Gasteiger charge is 1.87. The molecule has 1 nitrogen and oxygen atoms in total. The highest BCUT2D eigenvalue weighted by Crippen LogP contribution is 2.07. The first-order valence-corrected chi connectivity index (χ1v) is 2.65. The van der Waals surface area contributed by atoms with Crippen molar-refractivity contribution in [2.45, 2.75) is 25.7 Å². The molecule has 42 valence electrons. The van der Waals surface area contributed by atoms with Crippen molar-refractivity contribution in [2.75, 3.05) is 0 Å². The Kier molecular flexibility index (Phi) is 3.71. The Hall–Kier alpha value is -0.300. The molecule has 7 heavy (non-hydrogen) atoms. The van der Waals surface area contributed by atoms with Crippen LogP contribution >= 0.6 is 0 Å².